The van der Waals surface area contributed by atoms with Crippen molar-refractivity contribution in [1.29, 1.82) is 0 Å². The molecule has 2 fully saturated rings. The Kier molecular flexibility index (Phi) is 7.04. The van der Waals surface area contributed by atoms with Gasteiger partial charge in [0.2, 0.25) is 11.8 Å². The van der Waals surface area contributed by atoms with E-state index in [4.69, 9.17) is 4.74 Å². The van der Waals surface area contributed by atoms with E-state index in [2.05, 4.69) is 15.5 Å². The quantitative estimate of drug-likeness (QED) is 0.696. The van der Waals surface area contributed by atoms with Gasteiger partial charge >= 0.3 is 0 Å². The lowest BCUT2D eigenvalue weighted by atomic mass is 10.0. The Morgan fingerprint density at radius 2 is 1.92 bits per heavy atom. The van der Waals surface area contributed by atoms with E-state index in [9.17, 15) is 9.59 Å². The highest BCUT2D eigenvalue weighted by Gasteiger charge is 2.33. The van der Waals surface area contributed by atoms with Gasteiger partial charge in [-0.2, -0.15) is 0 Å². The highest BCUT2D eigenvalue weighted by Crippen LogP contribution is 2.28. The molecule has 24 heavy (non-hydrogen) atoms. The number of ether oxygens (including phenoxy) is 1. The van der Waals surface area contributed by atoms with Crippen LogP contribution in [-0.2, 0) is 14.3 Å². The Morgan fingerprint density at radius 3 is 2.50 bits per heavy atom. The minimum absolute atomic E-state index is 0.0440. The molecule has 1 aliphatic heterocycles. The molecule has 2 N–H and O–H groups in total. The maximum Gasteiger partial charge on any atom is 0.242 e. The van der Waals surface area contributed by atoms with Gasteiger partial charge in [-0.3, -0.25) is 14.5 Å². The minimum atomic E-state index is -0.487. The molecule has 0 bridgehead atoms. The molecule has 1 aliphatic carbocycles. The van der Waals surface area contributed by atoms with Crippen LogP contribution in [0.25, 0.3) is 0 Å². The lowest BCUT2D eigenvalue weighted by Gasteiger charge is -2.33. The highest BCUT2D eigenvalue weighted by molar-refractivity contribution is 5.87. The minimum Gasteiger partial charge on any atom is -0.374 e. The standard InChI is InChI=1S/C18H33N3O3/c1-12(2)9-16(22)20-17(13(3)4)18(23)19-10-15-11-21(7-8-24-15)14-5-6-14/h12-15,17H,5-11H2,1-4H3,(H,19,23)(H,20,22)/t15-,17+/m1/s1. The van der Waals surface area contributed by atoms with E-state index in [1.807, 2.05) is 27.7 Å². The summed E-state index contributed by atoms with van der Waals surface area (Å²) in [6, 6.07) is 0.241. The topological polar surface area (TPSA) is 70.7 Å². The van der Waals surface area contributed by atoms with Crippen LogP contribution in [0.5, 0.6) is 0 Å². The van der Waals surface area contributed by atoms with Crippen LogP contribution in [0.1, 0.15) is 47.0 Å². The summed E-state index contributed by atoms with van der Waals surface area (Å²) in [4.78, 5) is 26.9. The Morgan fingerprint density at radius 1 is 1.21 bits per heavy atom. The van der Waals surface area contributed by atoms with Gasteiger partial charge in [0.15, 0.2) is 0 Å². The zero-order valence-corrected chi connectivity index (χ0v) is 15.5. The monoisotopic (exact) mass is 339 g/mol. The second kappa shape index (κ2) is 8.81. The smallest absolute Gasteiger partial charge is 0.242 e. The van der Waals surface area contributed by atoms with Crippen molar-refractivity contribution in [1.82, 2.24) is 15.5 Å². The van der Waals surface area contributed by atoms with Gasteiger partial charge in [-0.05, 0) is 24.7 Å². The molecule has 2 amide bonds. The van der Waals surface area contributed by atoms with Gasteiger partial charge in [0.05, 0.1) is 12.7 Å². The number of nitrogens with one attached hydrogen (secondary N) is 2. The van der Waals surface area contributed by atoms with Gasteiger partial charge < -0.3 is 15.4 Å². The van der Waals surface area contributed by atoms with Crippen molar-refractivity contribution < 1.29 is 14.3 Å². The van der Waals surface area contributed by atoms with Crippen LogP contribution in [0.15, 0.2) is 0 Å². The fourth-order valence-corrected chi connectivity index (χ4v) is 3.10. The maximum absolute atomic E-state index is 12.5. The molecule has 6 heteroatoms. The number of nitrogens with zero attached hydrogens (tertiary/aromatic N) is 1. The Bertz CT molecular complexity index is 435. The van der Waals surface area contributed by atoms with E-state index in [-0.39, 0.29) is 29.8 Å². The summed E-state index contributed by atoms with van der Waals surface area (Å²) in [5.41, 5.74) is 0. The summed E-state index contributed by atoms with van der Waals surface area (Å²) < 4.78 is 5.77. The molecular formula is C18H33N3O3. The molecule has 6 nitrogen and oxygen atoms in total. The van der Waals surface area contributed by atoms with E-state index in [1.54, 1.807) is 0 Å². The SMILES string of the molecule is CC(C)CC(=O)N[C@H](C(=O)NC[C@@H]1CN(C2CC2)CCO1)C(C)C. The number of hydrogen-bond acceptors (Lipinski definition) is 4. The first-order chi connectivity index (χ1) is 11.4. The van der Waals surface area contributed by atoms with Crippen molar-refractivity contribution in [3.05, 3.63) is 0 Å². The summed E-state index contributed by atoms with van der Waals surface area (Å²) >= 11 is 0. The predicted octanol–water partition coefficient (Wildman–Crippen LogP) is 1.15. The molecule has 1 heterocycles. The molecule has 1 saturated carbocycles. The molecule has 2 rings (SSSR count). The number of rotatable bonds is 8. The Hall–Kier alpha value is -1.14. The van der Waals surface area contributed by atoms with Crippen molar-refractivity contribution in [2.75, 3.05) is 26.2 Å². The van der Waals surface area contributed by atoms with Crippen molar-refractivity contribution in [3.8, 4) is 0 Å². The van der Waals surface area contributed by atoms with Gasteiger partial charge in [0, 0.05) is 32.1 Å². The van der Waals surface area contributed by atoms with E-state index in [1.165, 1.54) is 12.8 Å². The molecule has 0 unspecified atom stereocenters. The normalized spacial score (nSPS) is 23.3. The second-order valence-corrected chi connectivity index (χ2v) is 7.85. The van der Waals surface area contributed by atoms with Crippen LogP contribution in [0, 0.1) is 11.8 Å². The molecule has 0 radical (unpaired) electrons. The summed E-state index contributed by atoms with van der Waals surface area (Å²) in [7, 11) is 0. The highest BCUT2D eigenvalue weighted by atomic mass is 16.5. The molecule has 1 saturated heterocycles. The third-order valence-electron chi connectivity index (χ3n) is 4.60. The van der Waals surface area contributed by atoms with E-state index >= 15 is 0 Å². The zero-order valence-electron chi connectivity index (χ0n) is 15.5. The lowest BCUT2D eigenvalue weighted by Crippen LogP contribution is -2.53. The predicted molar refractivity (Wildman–Crippen MR) is 93.6 cm³/mol. The first-order valence-electron chi connectivity index (χ1n) is 9.29. The van der Waals surface area contributed by atoms with Crippen molar-refractivity contribution in [2.45, 2.75) is 65.1 Å². The largest absolute Gasteiger partial charge is 0.374 e. The van der Waals surface area contributed by atoms with Gasteiger partial charge in [-0.1, -0.05) is 27.7 Å². The number of carbonyl (C=O) groups is 2. The molecule has 0 aromatic carbocycles. The number of amides is 2. The first kappa shape index (κ1) is 19.2. The fraction of sp³-hybridized carbons (Fsp3) is 0.889. The number of morpholine rings is 1. The number of hydrogen-bond donors (Lipinski definition) is 2. The maximum atomic E-state index is 12.5. The van der Waals surface area contributed by atoms with Gasteiger partial charge in [0.1, 0.15) is 6.04 Å². The van der Waals surface area contributed by atoms with Crippen LogP contribution in [0.4, 0.5) is 0 Å². The van der Waals surface area contributed by atoms with E-state index in [0.29, 0.717) is 13.0 Å². The third-order valence-corrected chi connectivity index (χ3v) is 4.60. The van der Waals surface area contributed by atoms with Crippen LogP contribution in [-0.4, -0.2) is 61.1 Å². The van der Waals surface area contributed by atoms with E-state index < -0.39 is 6.04 Å². The molecule has 2 aliphatic rings. The van der Waals surface area contributed by atoms with Gasteiger partial charge in [-0.15, -0.1) is 0 Å². The van der Waals surface area contributed by atoms with Crippen molar-refractivity contribution in [3.63, 3.8) is 0 Å². The number of carbonyl (C=O) groups excluding carboxylic acids is 2. The van der Waals surface area contributed by atoms with Crippen molar-refractivity contribution in [2.24, 2.45) is 11.8 Å². The molecule has 0 aromatic rings. The summed E-state index contributed by atoms with van der Waals surface area (Å²) in [5.74, 6) is 0.156. The van der Waals surface area contributed by atoms with E-state index in [0.717, 1.165) is 25.7 Å². The van der Waals surface area contributed by atoms with Gasteiger partial charge in [-0.25, -0.2) is 0 Å². The summed E-state index contributed by atoms with van der Waals surface area (Å²) in [5, 5.41) is 5.84. The lowest BCUT2D eigenvalue weighted by molar-refractivity contribution is -0.131. The summed E-state index contributed by atoms with van der Waals surface area (Å²) in [6.07, 6.45) is 3.06. The van der Waals surface area contributed by atoms with Crippen molar-refractivity contribution >= 4 is 11.8 Å². The third kappa shape index (κ3) is 6.06. The Balaban J connectivity index is 1.78. The van der Waals surface area contributed by atoms with Crippen LogP contribution in [0.3, 0.4) is 0 Å². The van der Waals surface area contributed by atoms with Crippen LogP contribution < -0.4 is 10.6 Å². The zero-order chi connectivity index (χ0) is 17.7. The molecule has 0 aromatic heterocycles. The molecule has 138 valence electrons. The second-order valence-electron chi connectivity index (χ2n) is 7.85. The first-order valence-corrected chi connectivity index (χ1v) is 9.29. The molecular weight excluding hydrogens is 306 g/mol. The fourth-order valence-electron chi connectivity index (χ4n) is 3.10. The Labute approximate surface area is 145 Å². The van der Waals surface area contributed by atoms with Gasteiger partial charge in [0.25, 0.3) is 0 Å². The average molecular weight is 339 g/mol. The molecule has 2 atom stereocenters. The molecule has 0 spiro atoms. The van der Waals surface area contributed by atoms with Crippen LogP contribution >= 0.6 is 0 Å². The van der Waals surface area contributed by atoms with Crippen LogP contribution in [0.2, 0.25) is 0 Å². The summed E-state index contributed by atoms with van der Waals surface area (Å²) in [6.45, 7) is 11.0. The average Bonchev–Trinajstić information content (AvgIpc) is 3.34.